The molecule has 0 saturated carbocycles. The highest BCUT2D eigenvalue weighted by Gasteiger charge is 2.17. The summed E-state index contributed by atoms with van der Waals surface area (Å²) in [6.45, 7) is 7.79. The fraction of sp³-hybridized carbons (Fsp3) is 0.421. The molecule has 7 nitrogen and oxygen atoms in total. The first-order chi connectivity index (χ1) is 12.5. The number of nitrogen functional groups attached to an aromatic ring is 1. The van der Waals surface area contributed by atoms with Crippen molar-refractivity contribution in [3.63, 3.8) is 0 Å². The van der Waals surface area contributed by atoms with Crippen LogP contribution < -0.4 is 11.1 Å². The molecule has 138 valence electrons. The van der Waals surface area contributed by atoms with Gasteiger partial charge in [-0.15, -0.1) is 0 Å². The summed E-state index contributed by atoms with van der Waals surface area (Å²) in [6, 6.07) is 7.86. The van der Waals surface area contributed by atoms with Crippen LogP contribution in [0.3, 0.4) is 0 Å². The van der Waals surface area contributed by atoms with E-state index in [0.29, 0.717) is 37.6 Å². The Kier molecular flexibility index (Phi) is 5.37. The number of carbonyl (C=O) groups is 1. The van der Waals surface area contributed by atoms with Gasteiger partial charge in [0, 0.05) is 31.0 Å². The van der Waals surface area contributed by atoms with Crippen LogP contribution in [0.25, 0.3) is 21.9 Å². The maximum atomic E-state index is 11.9. The average Bonchev–Trinajstić information content (AvgIpc) is 2.99. The summed E-state index contributed by atoms with van der Waals surface area (Å²) in [7, 11) is 0. The van der Waals surface area contributed by atoms with Gasteiger partial charge in [0.1, 0.15) is 17.9 Å². The second-order valence-corrected chi connectivity index (χ2v) is 6.47. The monoisotopic (exact) mass is 355 g/mol. The van der Waals surface area contributed by atoms with Crippen molar-refractivity contribution in [2.75, 3.05) is 18.9 Å². The number of para-hydroxylation sites is 1. The van der Waals surface area contributed by atoms with Gasteiger partial charge in [-0.25, -0.2) is 9.97 Å². The van der Waals surface area contributed by atoms with E-state index in [-0.39, 0.29) is 11.8 Å². The van der Waals surface area contributed by atoms with Gasteiger partial charge in [-0.05, 0) is 13.0 Å². The minimum atomic E-state index is -0.0434. The number of amides is 1. The molecule has 0 fully saturated rings. The van der Waals surface area contributed by atoms with E-state index in [9.17, 15) is 4.79 Å². The van der Waals surface area contributed by atoms with Crippen molar-refractivity contribution in [3.8, 4) is 0 Å². The molecular weight excluding hydrogens is 330 g/mol. The topological polar surface area (TPSA) is 95.1 Å². The Hall–Kier alpha value is -2.67. The Balaban J connectivity index is 2.05. The zero-order chi connectivity index (χ0) is 18.7. The van der Waals surface area contributed by atoms with E-state index in [2.05, 4.69) is 19.9 Å². The molecule has 0 saturated heterocycles. The molecule has 0 spiro atoms. The van der Waals surface area contributed by atoms with Crippen LogP contribution in [0.5, 0.6) is 0 Å². The molecular formula is C19H25N5O2. The molecule has 0 aliphatic carbocycles. The first kappa shape index (κ1) is 18.1. The van der Waals surface area contributed by atoms with Gasteiger partial charge in [-0.2, -0.15) is 0 Å². The molecule has 1 aromatic carbocycles. The molecule has 0 aliphatic heterocycles. The third kappa shape index (κ3) is 3.48. The summed E-state index contributed by atoms with van der Waals surface area (Å²) in [4.78, 5) is 21.0. The number of hydrogen-bond donors (Lipinski definition) is 2. The van der Waals surface area contributed by atoms with Crippen LogP contribution in [0.15, 0.2) is 24.3 Å². The molecule has 3 aromatic rings. The molecule has 0 bridgehead atoms. The third-order valence-electron chi connectivity index (χ3n) is 4.28. The van der Waals surface area contributed by atoms with Crippen LogP contribution >= 0.6 is 0 Å². The second-order valence-electron chi connectivity index (χ2n) is 6.47. The largest absolute Gasteiger partial charge is 0.382 e. The number of benzene rings is 1. The Labute approximate surface area is 152 Å². The normalized spacial score (nSPS) is 11.5. The first-order valence-corrected chi connectivity index (χ1v) is 8.91. The van der Waals surface area contributed by atoms with E-state index < -0.39 is 0 Å². The number of pyridine rings is 1. The summed E-state index contributed by atoms with van der Waals surface area (Å²) >= 11 is 0. The van der Waals surface area contributed by atoms with E-state index in [1.54, 1.807) is 0 Å². The standard InChI is InChI=1S/C19H25N5O2/c1-4-26-11-15-23-16-17(24(15)10-9-21-19(25)12(2)3)13-7-5-6-8-14(13)22-18(16)20/h5-8,12H,4,9-11H2,1-3H3,(H2,20,22)(H,21,25). The van der Waals surface area contributed by atoms with Crippen molar-refractivity contribution in [3.05, 3.63) is 30.1 Å². The summed E-state index contributed by atoms with van der Waals surface area (Å²) in [5, 5.41) is 3.94. The van der Waals surface area contributed by atoms with Gasteiger partial charge in [-0.3, -0.25) is 4.79 Å². The first-order valence-electron chi connectivity index (χ1n) is 8.91. The average molecular weight is 355 g/mol. The Morgan fingerprint density at radius 1 is 1.31 bits per heavy atom. The zero-order valence-electron chi connectivity index (χ0n) is 15.5. The van der Waals surface area contributed by atoms with Gasteiger partial charge in [0.05, 0.1) is 11.0 Å². The van der Waals surface area contributed by atoms with Crippen molar-refractivity contribution in [1.29, 1.82) is 0 Å². The van der Waals surface area contributed by atoms with Crippen LogP contribution in [-0.4, -0.2) is 33.6 Å². The molecule has 0 aliphatic rings. The van der Waals surface area contributed by atoms with Crippen LogP contribution in [0.4, 0.5) is 5.82 Å². The highest BCUT2D eigenvalue weighted by Crippen LogP contribution is 2.28. The fourth-order valence-electron chi connectivity index (χ4n) is 2.94. The SMILES string of the molecule is CCOCc1nc2c(N)nc3ccccc3c2n1CCNC(=O)C(C)C. The van der Waals surface area contributed by atoms with Crippen LogP contribution in [0.2, 0.25) is 0 Å². The summed E-state index contributed by atoms with van der Waals surface area (Å²) < 4.78 is 7.65. The van der Waals surface area contributed by atoms with Gasteiger partial charge in [-0.1, -0.05) is 32.0 Å². The molecule has 26 heavy (non-hydrogen) atoms. The maximum absolute atomic E-state index is 11.9. The Morgan fingerprint density at radius 2 is 2.08 bits per heavy atom. The number of anilines is 1. The quantitative estimate of drug-likeness (QED) is 0.679. The molecule has 2 aromatic heterocycles. The third-order valence-corrected chi connectivity index (χ3v) is 4.28. The van der Waals surface area contributed by atoms with Crippen molar-refractivity contribution in [2.24, 2.45) is 5.92 Å². The number of rotatable bonds is 7. The predicted octanol–water partition coefficient (Wildman–Crippen LogP) is 2.48. The second kappa shape index (κ2) is 7.70. The van der Waals surface area contributed by atoms with Gasteiger partial charge in [0.15, 0.2) is 5.82 Å². The molecule has 0 atom stereocenters. The lowest BCUT2D eigenvalue weighted by Gasteiger charge is -2.12. The van der Waals surface area contributed by atoms with Gasteiger partial charge in [0.2, 0.25) is 5.91 Å². The Bertz CT molecular complexity index is 932. The number of ether oxygens (including phenoxy) is 1. The number of aromatic nitrogens is 3. The molecule has 2 heterocycles. The lowest BCUT2D eigenvalue weighted by atomic mass is 10.2. The van der Waals surface area contributed by atoms with Crippen molar-refractivity contribution >= 4 is 33.7 Å². The van der Waals surface area contributed by atoms with Gasteiger partial charge < -0.3 is 20.4 Å². The number of carbonyl (C=O) groups excluding carboxylic acids is 1. The van der Waals surface area contributed by atoms with Crippen molar-refractivity contribution < 1.29 is 9.53 Å². The molecule has 0 radical (unpaired) electrons. The van der Waals surface area contributed by atoms with E-state index in [1.807, 2.05) is 45.0 Å². The van der Waals surface area contributed by atoms with Crippen LogP contribution in [0.1, 0.15) is 26.6 Å². The fourth-order valence-corrected chi connectivity index (χ4v) is 2.94. The highest BCUT2D eigenvalue weighted by atomic mass is 16.5. The van der Waals surface area contributed by atoms with E-state index >= 15 is 0 Å². The minimum Gasteiger partial charge on any atom is -0.382 e. The van der Waals surface area contributed by atoms with Crippen molar-refractivity contribution in [1.82, 2.24) is 19.9 Å². The van der Waals surface area contributed by atoms with E-state index in [0.717, 1.165) is 22.2 Å². The maximum Gasteiger partial charge on any atom is 0.222 e. The Morgan fingerprint density at radius 3 is 2.81 bits per heavy atom. The van der Waals surface area contributed by atoms with Crippen LogP contribution in [-0.2, 0) is 22.7 Å². The zero-order valence-corrected chi connectivity index (χ0v) is 15.5. The molecule has 1 amide bonds. The molecule has 3 N–H and O–H groups in total. The van der Waals surface area contributed by atoms with Gasteiger partial charge >= 0.3 is 0 Å². The minimum absolute atomic E-state index is 0.0341. The number of fused-ring (bicyclic) bond motifs is 3. The molecule has 0 unspecified atom stereocenters. The lowest BCUT2D eigenvalue weighted by Crippen LogP contribution is -2.31. The number of imidazole rings is 1. The summed E-state index contributed by atoms with van der Waals surface area (Å²) in [5.74, 6) is 1.18. The lowest BCUT2D eigenvalue weighted by molar-refractivity contribution is -0.124. The predicted molar refractivity (Wildman–Crippen MR) is 103 cm³/mol. The van der Waals surface area contributed by atoms with E-state index in [1.165, 1.54) is 0 Å². The smallest absolute Gasteiger partial charge is 0.222 e. The molecule has 7 heteroatoms. The van der Waals surface area contributed by atoms with E-state index in [4.69, 9.17) is 10.5 Å². The van der Waals surface area contributed by atoms with Crippen LogP contribution in [0, 0.1) is 5.92 Å². The van der Waals surface area contributed by atoms with Crippen molar-refractivity contribution in [2.45, 2.75) is 33.9 Å². The summed E-state index contributed by atoms with van der Waals surface area (Å²) in [6.07, 6.45) is 0. The molecule has 3 rings (SSSR count). The van der Waals surface area contributed by atoms with Gasteiger partial charge in [0.25, 0.3) is 0 Å². The number of nitrogens with two attached hydrogens (primary N) is 1. The highest BCUT2D eigenvalue weighted by molar-refractivity contribution is 6.06. The number of hydrogen-bond acceptors (Lipinski definition) is 5. The number of nitrogens with zero attached hydrogens (tertiary/aromatic N) is 3. The summed E-state index contributed by atoms with van der Waals surface area (Å²) in [5.41, 5.74) is 8.59. The number of nitrogens with one attached hydrogen (secondary N) is 1.